The van der Waals surface area contributed by atoms with Crippen molar-refractivity contribution in [1.29, 1.82) is 0 Å². The highest BCUT2D eigenvalue weighted by molar-refractivity contribution is 7.85. The van der Waals surface area contributed by atoms with E-state index in [1.54, 1.807) is 0 Å². The molecule has 0 saturated carbocycles. The first-order valence-corrected chi connectivity index (χ1v) is 8.74. The molecule has 0 fully saturated rings. The number of H-pyrrole nitrogens is 1. The van der Waals surface area contributed by atoms with Crippen molar-refractivity contribution in [2.45, 2.75) is 0 Å². The average Bonchev–Trinajstić information content (AvgIpc) is 3.03. The van der Waals surface area contributed by atoms with Gasteiger partial charge in [0.2, 0.25) is 0 Å². The van der Waals surface area contributed by atoms with Crippen LogP contribution in [0.3, 0.4) is 0 Å². The van der Waals surface area contributed by atoms with Crippen LogP contribution in [0.1, 0.15) is 0 Å². The molecular formula is C6H3Cl2F3N6O8S2. The smallest absolute Gasteiger partial charge is 0.358 e. The summed E-state index contributed by atoms with van der Waals surface area (Å²) in [5.41, 5.74) is 0. The molecule has 0 radical (unpaired) electrons. The van der Waals surface area contributed by atoms with Crippen LogP contribution in [0.15, 0.2) is 12.4 Å². The van der Waals surface area contributed by atoms with Crippen LogP contribution >= 0.6 is 23.2 Å². The molecule has 0 aliphatic rings. The Hall–Kier alpha value is -2.51. The average molecular weight is 479 g/mol. The number of halogens is 5. The zero-order chi connectivity index (χ0) is 21.6. The van der Waals surface area contributed by atoms with E-state index in [-0.39, 0.29) is 15.1 Å². The van der Waals surface area contributed by atoms with Crippen LogP contribution in [0.25, 0.3) is 0 Å². The summed E-state index contributed by atoms with van der Waals surface area (Å²) >= 11 is 10.3. The SMILES string of the molecule is O=S(=O)(F)F.O=[N+]([O-])c1cnc(Cl)[nH]1.O=[N+]([O-])c1cnc(Cl)n1S(=O)(=O)F. The minimum Gasteiger partial charge on any atom is -0.358 e. The normalized spacial score (nSPS) is 10.9. The molecule has 0 spiro atoms. The molecule has 0 aliphatic carbocycles. The predicted molar refractivity (Wildman–Crippen MR) is 80.7 cm³/mol. The maximum atomic E-state index is 12.3. The molecule has 2 rings (SSSR count). The van der Waals surface area contributed by atoms with Crippen molar-refractivity contribution in [2.75, 3.05) is 0 Å². The Morgan fingerprint density at radius 3 is 1.70 bits per heavy atom. The van der Waals surface area contributed by atoms with Gasteiger partial charge >= 0.3 is 37.9 Å². The molecule has 2 aromatic heterocycles. The van der Waals surface area contributed by atoms with Crippen LogP contribution in [-0.2, 0) is 21.0 Å². The first-order valence-electron chi connectivity index (χ1n) is 5.36. The highest BCUT2D eigenvalue weighted by Crippen LogP contribution is 2.21. The quantitative estimate of drug-likeness (QED) is 0.383. The molecule has 0 saturated heterocycles. The summed E-state index contributed by atoms with van der Waals surface area (Å²) in [6, 6.07) is 0. The van der Waals surface area contributed by atoms with Crippen LogP contribution in [0.4, 0.5) is 23.3 Å². The lowest BCUT2D eigenvalue weighted by molar-refractivity contribution is -0.390. The van der Waals surface area contributed by atoms with Gasteiger partial charge in [-0.3, -0.25) is 0 Å². The summed E-state index contributed by atoms with van der Waals surface area (Å²) in [7, 11) is -11.0. The Labute approximate surface area is 156 Å². The van der Waals surface area contributed by atoms with Gasteiger partial charge in [0, 0.05) is 0 Å². The molecule has 0 aromatic carbocycles. The molecule has 14 nitrogen and oxygen atoms in total. The third-order valence-corrected chi connectivity index (χ3v) is 3.15. The molecule has 1 N–H and O–H groups in total. The van der Waals surface area contributed by atoms with E-state index in [0.717, 1.165) is 6.20 Å². The number of nitrogens with zero attached hydrogens (tertiary/aromatic N) is 5. The summed E-state index contributed by atoms with van der Waals surface area (Å²) in [6.45, 7) is 0. The van der Waals surface area contributed by atoms with Gasteiger partial charge in [0.15, 0.2) is 0 Å². The molecule has 0 unspecified atom stereocenters. The Morgan fingerprint density at radius 1 is 1.00 bits per heavy atom. The van der Waals surface area contributed by atoms with E-state index in [0.29, 0.717) is 6.20 Å². The first-order chi connectivity index (χ1) is 12.0. The predicted octanol–water partition coefficient (Wildman–Crippen LogP) is 1.65. The maximum absolute atomic E-state index is 12.3. The second-order valence-electron chi connectivity index (χ2n) is 3.54. The van der Waals surface area contributed by atoms with Crippen molar-refractivity contribution in [2.24, 2.45) is 0 Å². The fourth-order valence-corrected chi connectivity index (χ4v) is 2.11. The molecule has 0 amide bonds. The number of rotatable bonds is 3. The fraction of sp³-hybridized carbons (Fsp3) is 0. The largest absolute Gasteiger partial charge is 0.483 e. The summed E-state index contributed by atoms with van der Waals surface area (Å²) in [5.74, 6) is -1.24. The minimum absolute atomic E-state index is 0.0294. The molecule has 0 aliphatic heterocycles. The maximum Gasteiger partial charge on any atom is 0.483 e. The molecule has 152 valence electrons. The van der Waals surface area contributed by atoms with Gasteiger partial charge in [-0.1, -0.05) is 15.6 Å². The Bertz CT molecular complexity index is 1030. The van der Waals surface area contributed by atoms with Gasteiger partial charge in [0.05, 0.1) is 0 Å². The van der Waals surface area contributed by atoms with Gasteiger partial charge < -0.3 is 20.2 Å². The van der Waals surface area contributed by atoms with E-state index in [4.69, 9.17) is 31.6 Å². The zero-order valence-electron chi connectivity index (χ0n) is 11.9. The fourth-order valence-electron chi connectivity index (χ4n) is 1.01. The van der Waals surface area contributed by atoms with Gasteiger partial charge in [-0.15, -0.1) is 0 Å². The number of aromatic nitrogens is 4. The van der Waals surface area contributed by atoms with Gasteiger partial charge in [0.25, 0.3) is 5.28 Å². The lowest BCUT2D eigenvalue weighted by atomic mass is 10.8. The third kappa shape index (κ3) is 9.67. The highest BCUT2D eigenvalue weighted by Gasteiger charge is 2.30. The van der Waals surface area contributed by atoms with Crippen molar-refractivity contribution in [3.63, 3.8) is 0 Å². The summed E-state index contributed by atoms with van der Waals surface area (Å²) < 4.78 is 69.2. The highest BCUT2D eigenvalue weighted by atomic mass is 35.5. The number of nitrogens with one attached hydrogen (secondary N) is 1. The standard InChI is InChI=1S/C3HClFN3O4S.C3H2ClN3O2.F2O2S/c4-3-6-1-2(8(9)10)7(3)13(5,11)12;4-3-5-1-2(6-3)7(8)9;1-5(2,3)4/h1H;1H,(H,5,6);. The van der Waals surface area contributed by atoms with Crippen LogP contribution in [0.5, 0.6) is 0 Å². The van der Waals surface area contributed by atoms with Crippen molar-refractivity contribution in [3.8, 4) is 0 Å². The summed E-state index contributed by atoms with van der Waals surface area (Å²) in [4.78, 5) is 27.0. The molecule has 2 heterocycles. The van der Waals surface area contributed by atoms with E-state index in [1.165, 1.54) is 0 Å². The Balaban J connectivity index is 0.000000419. The topological polar surface area (TPSA) is 201 Å². The van der Waals surface area contributed by atoms with Gasteiger partial charge in [-0.2, -0.15) is 26.8 Å². The second kappa shape index (κ2) is 9.43. The van der Waals surface area contributed by atoms with Crippen molar-refractivity contribution < 1.29 is 38.3 Å². The minimum atomic E-state index is -5.67. The lowest BCUT2D eigenvalue weighted by Gasteiger charge is -1.93. The number of nitro groups is 2. The summed E-state index contributed by atoms with van der Waals surface area (Å²) in [6.07, 6.45) is 1.60. The van der Waals surface area contributed by atoms with Gasteiger partial charge in [-0.05, 0) is 33.0 Å². The molecule has 0 bridgehead atoms. The van der Waals surface area contributed by atoms with Crippen LogP contribution in [-0.4, -0.2) is 45.6 Å². The molecule has 27 heavy (non-hydrogen) atoms. The Morgan fingerprint density at radius 2 is 1.48 bits per heavy atom. The lowest BCUT2D eigenvalue weighted by Crippen LogP contribution is -2.09. The molecule has 21 heteroatoms. The first kappa shape index (κ1) is 24.5. The second-order valence-corrected chi connectivity index (χ2v) is 6.19. The van der Waals surface area contributed by atoms with E-state index in [2.05, 4.69) is 15.0 Å². The van der Waals surface area contributed by atoms with E-state index in [1.807, 2.05) is 0 Å². The van der Waals surface area contributed by atoms with Gasteiger partial charge in [0.1, 0.15) is 12.4 Å². The van der Waals surface area contributed by atoms with Crippen molar-refractivity contribution >= 4 is 55.9 Å². The number of hydrogen-bond donors (Lipinski definition) is 1. The van der Waals surface area contributed by atoms with Crippen LogP contribution in [0.2, 0.25) is 10.6 Å². The van der Waals surface area contributed by atoms with Gasteiger partial charge in [-0.25, -0.2) is 4.98 Å². The summed E-state index contributed by atoms with van der Waals surface area (Å²) in [5, 5.41) is 19.2. The Kier molecular flexibility index (Phi) is 8.56. The molecular weight excluding hydrogens is 476 g/mol. The van der Waals surface area contributed by atoms with E-state index >= 15 is 0 Å². The van der Waals surface area contributed by atoms with E-state index in [9.17, 15) is 40.3 Å². The molecule has 2 aromatic rings. The van der Waals surface area contributed by atoms with Crippen molar-refractivity contribution in [1.82, 2.24) is 18.9 Å². The number of aromatic amines is 1. The molecule has 0 atom stereocenters. The zero-order valence-corrected chi connectivity index (χ0v) is 15.0. The number of hydrogen-bond acceptors (Lipinski definition) is 10. The third-order valence-electron chi connectivity index (χ3n) is 1.80. The van der Waals surface area contributed by atoms with Crippen LogP contribution in [0, 0.1) is 20.2 Å². The number of imidazole rings is 2. The van der Waals surface area contributed by atoms with E-state index < -0.39 is 42.0 Å². The monoisotopic (exact) mass is 478 g/mol. The van der Waals surface area contributed by atoms with Crippen molar-refractivity contribution in [3.05, 3.63) is 43.2 Å². The van der Waals surface area contributed by atoms with Crippen LogP contribution < -0.4 is 0 Å².